The van der Waals surface area contributed by atoms with Gasteiger partial charge in [-0.3, -0.25) is 15.0 Å². The van der Waals surface area contributed by atoms with Crippen LogP contribution in [0.25, 0.3) is 5.70 Å². The number of hydrogen-bond donors (Lipinski definition) is 4. The van der Waals surface area contributed by atoms with Gasteiger partial charge in [0.05, 0.1) is 6.61 Å². The summed E-state index contributed by atoms with van der Waals surface area (Å²) in [4.78, 5) is 26.5. The van der Waals surface area contributed by atoms with Crippen LogP contribution in [0.15, 0.2) is 42.5 Å². The smallest absolute Gasteiger partial charge is 0.253 e. The molecule has 194 valence electrons. The number of amides is 1. The predicted octanol–water partition coefficient (Wildman–Crippen LogP) is 2.60. The number of carbonyl (C=O) groups excluding carboxylic acids is 2. The van der Waals surface area contributed by atoms with E-state index in [2.05, 4.69) is 0 Å². The second-order valence-corrected chi connectivity index (χ2v) is 8.37. The fourth-order valence-corrected chi connectivity index (χ4v) is 3.07. The second kappa shape index (κ2) is 13.4. The van der Waals surface area contributed by atoms with Gasteiger partial charge >= 0.3 is 0 Å². The summed E-state index contributed by atoms with van der Waals surface area (Å²) in [5.41, 5.74) is 12.5. The molecule has 0 aromatic heterocycles. The molecule has 0 aliphatic carbocycles. The number of anilines is 1. The SMILES string of the molecule is CC(C)O.COCCOc1cc(N)c(C(=N)C(=O)/C=C(\N)c2ccc(C(=O)N3CCC3)cc2)cc1F. The Morgan fingerprint density at radius 3 is 2.28 bits per heavy atom. The zero-order valence-corrected chi connectivity index (χ0v) is 20.7. The molecule has 0 bridgehead atoms. The summed E-state index contributed by atoms with van der Waals surface area (Å²) in [7, 11) is 1.49. The average Bonchev–Trinajstić information content (AvgIpc) is 2.79. The molecule has 1 amide bonds. The third-order valence-corrected chi connectivity index (χ3v) is 5.06. The van der Waals surface area contributed by atoms with Crippen LogP contribution in [0.5, 0.6) is 5.75 Å². The Kier molecular flexibility index (Phi) is 10.6. The Morgan fingerprint density at radius 2 is 1.75 bits per heavy atom. The molecule has 1 heterocycles. The highest BCUT2D eigenvalue weighted by Crippen LogP contribution is 2.25. The van der Waals surface area contributed by atoms with E-state index in [-0.39, 0.29) is 47.9 Å². The lowest BCUT2D eigenvalue weighted by molar-refractivity contribution is -0.108. The van der Waals surface area contributed by atoms with Crippen LogP contribution in [0, 0.1) is 11.2 Å². The van der Waals surface area contributed by atoms with Gasteiger partial charge in [0.25, 0.3) is 5.91 Å². The molecule has 0 radical (unpaired) electrons. The van der Waals surface area contributed by atoms with Crippen molar-refractivity contribution in [1.82, 2.24) is 4.90 Å². The highest BCUT2D eigenvalue weighted by Gasteiger charge is 2.21. The number of benzene rings is 2. The van der Waals surface area contributed by atoms with Crippen LogP contribution in [-0.4, -0.2) is 66.9 Å². The zero-order chi connectivity index (χ0) is 26.8. The summed E-state index contributed by atoms with van der Waals surface area (Å²) in [5.74, 6) is -1.62. The number of aliphatic hydroxyl groups excluding tert-OH is 1. The molecule has 1 saturated heterocycles. The quantitative estimate of drug-likeness (QED) is 0.179. The van der Waals surface area contributed by atoms with Crippen LogP contribution < -0.4 is 16.2 Å². The number of allylic oxidation sites excluding steroid dienone is 1. The molecule has 10 heteroatoms. The van der Waals surface area contributed by atoms with Gasteiger partial charge in [-0.2, -0.15) is 0 Å². The Bertz CT molecular complexity index is 1110. The van der Waals surface area contributed by atoms with Crippen LogP contribution >= 0.6 is 0 Å². The van der Waals surface area contributed by atoms with Gasteiger partial charge in [0, 0.05) is 61.0 Å². The minimum absolute atomic E-state index is 0.0259. The Hall–Kier alpha value is -3.76. The third-order valence-electron chi connectivity index (χ3n) is 5.06. The Balaban J connectivity index is 0.00000106. The molecule has 1 aliphatic rings. The molecule has 0 spiro atoms. The zero-order valence-electron chi connectivity index (χ0n) is 20.7. The standard InChI is InChI=1S/C23H25FN4O4.C3H8O/c1-31-9-10-32-21-13-19(26)16(11-17(21)24)22(27)20(29)12-18(25)14-3-5-15(6-4-14)23(30)28-7-2-8-28;1-3(2)4/h3-6,11-13,27H,2,7-10,25-26H2,1H3;3-4H,1-2H3/b18-12-,27-22?;. The molecule has 2 aromatic carbocycles. The van der Waals surface area contributed by atoms with E-state index in [4.69, 9.17) is 31.5 Å². The second-order valence-electron chi connectivity index (χ2n) is 8.37. The summed E-state index contributed by atoms with van der Waals surface area (Å²) in [6.07, 6.45) is 1.92. The molecule has 9 nitrogen and oxygen atoms in total. The van der Waals surface area contributed by atoms with Crippen molar-refractivity contribution < 1.29 is 28.6 Å². The first-order chi connectivity index (χ1) is 17.0. The van der Waals surface area contributed by atoms with Gasteiger partial charge < -0.3 is 30.9 Å². The van der Waals surface area contributed by atoms with Crippen molar-refractivity contribution in [2.24, 2.45) is 5.73 Å². The van der Waals surface area contributed by atoms with Gasteiger partial charge in [0.1, 0.15) is 12.3 Å². The van der Waals surface area contributed by atoms with Crippen molar-refractivity contribution in [3.63, 3.8) is 0 Å². The van der Waals surface area contributed by atoms with E-state index < -0.39 is 17.3 Å². The van der Waals surface area contributed by atoms with E-state index in [0.717, 1.165) is 31.7 Å². The van der Waals surface area contributed by atoms with E-state index in [0.29, 0.717) is 11.1 Å². The molecule has 36 heavy (non-hydrogen) atoms. The van der Waals surface area contributed by atoms with E-state index in [9.17, 15) is 14.0 Å². The van der Waals surface area contributed by atoms with Gasteiger partial charge in [-0.05, 0) is 44.0 Å². The number of hydrogen-bond acceptors (Lipinski definition) is 8. The number of methoxy groups -OCH3 is 1. The summed E-state index contributed by atoms with van der Waals surface area (Å²) in [6.45, 7) is 5.35. The fourth-order valence-electron chi connectivity index (χ4n) is 3.07. The maximum atomic E-state index is 14.3. The normalized spacial score (nSPS) is 12.9. The van der Waals surface area contributed by atoms with E-state index in [1.807, 2.05) is 0 Å². The lowest BCUT2D eigenvalue weighted by atomic mass is 10.0. The molecule has 1 fully saturated rings. The maximum absolute atomic E-state index is 14.3. The van der Waals surface area contributed by atoms with Gasteiger partial charge in [-0.25, -0.2) is 4.39 Å². The van der Waals surface area contributed by atoms with Crippen LogP contribution in [0.2, 0.25) is 0 Å². The number of nitrogens with two attached hydrogens (primary N) is 2. The summed E-state index contributed by atoms with van der Waals surface area (Å²) in [5, 5.41) is 16.2. The molecule has 0 unspecified atom stereocenters. The fraction of sp³-hybridized carbons (Fsp3) is 0.346. The Labute approximate surface area is 210 Å². The van der Waals surface area contributed by atoms with E-state index in [1.54, 1.807) is 43.0 Å². The summed E-state index contributed by atoms with van der Waals surface area (Å²) >= 11 is 0. The first-order valence-corrected chi connectivity index (χ1v) is 11.4. The number of nitrogens with zero attached hydrogens (tertiary/aromatic N) is 1. The van der Waals surface area contributed by atoms with Crippen molar-refractivity contribution in [2.75, 3.05) is 39.1 Å². The van der Waals surface area contributed by atoms with Crippen LogP contribution in [0.4, 0.5) is 10.1 Å². The molecular weight excluding hydrogens is 467 g/mol. The van der Waals surface area contributed by atoms with Crippen LogP contribution in [-0.2, 0) is 9.53 Å². The summed E-state index contributed by atoms with van der Waals surface area (Å²) < 4.78 is 24.4. The molecule has 2 aromatic rings. The van der Waals surface area contributed by atoms with Crippen molar-refractivity contribution in [3.05, 3.63) is 65.0 Å². The molecule has 0 atom stereocenters. The maximum Gasteiger partial charge on any atom is 0.253 e. The van der Waals surface area contributed by atoms with E-state index >= 15 is 0 Å². The lowest BCUT2D eigenvalue weighted by Gasteiger charge is -2.30. The van der Waals surface area contributed by atoms with Gasteiger partial charge in [-0.1, -0.05) is 12.1 Å². The van der Waals surface area contributed by atoms with Crippen molar-refractivity contribution in [2.45, 2.75) is 26.4 Å². The number of nitrogens with one attached hydrogen (secondary N) is 1. The predicted molar refractivity (Wildman–Crippen MR) is 137 cm³/mol. The topological polar surface area (TPSA) is 152 Å². The number of carbonyl (C=O) groups is 2. The monoisotopic (exact) mass is 500 g/mol. The lowest BCUT2D eigenvalue weighted by Crippen LogP contribution is -2.41. The highest BCUT2D eigenvalue weighted by atomic mass is 19.1. The molecular formula is C26H33FN4O5. The molecule has 6 N–H and O–H groups in total. The summed E-state index contributed by atoms with van der Waals surface area (Å²) in [6, 6.07) is 8.76. The molecule has 3 rings (SSSR count). The third kappa shape index (κ3) is 7.89. The van der Waals surface area contributed by atoms with Crippen molar-refractivity contribution >= 4 is 28.8 Å². The number of rotatable bonds is 9. The highest BCUT2D eigenvalue weighted by molar-refractivity contribution is 6.50. The largest absolute Gasteiger partial charge is 0.488 e. The van der Waals surface area contributed by atoms with Crippen LogP contribution in [0.1, 0.15) is 41.8 Å². The number of likely N-dealkylation sites (tertiary alicyclic amines) is 1. The number of ketones is 1. The van der Waals surface area contributed by atoms with Crippen molar-refractivity contribution in [1.29, 1.82) is 5.41 Å². The van der Waals surface area contributed by atoms with Crippen LogP contribution in [0.3, 0.4) is 0 Å². The Morgan fingerprint density at radius 1 is 1.17 bits per heavy atom. The molecule has 1 aliphatic heterocycles. The average molecular weight is 501 g/mol. The number of aliphatic hydroxyl groups is 1. The minimum Gasteiger partial charge on any atom is -0.488 e. The molecule has 0 saturated carbocycles. The first-order valence-electron chi connectivity index (χ1n) is 11.4. The van der Waals surface area contributed by atoms with E-state index in [1.165, 1.54) is 13.2 Å². The first kappa shape index (κ1) is 28.5. The van der Waals surface area contributed by atoms with Gasteiger partial charge in [-0.15, -0.1) is 0 Å². The number of ether oxygens (including phenoxy) is 2. The number of halogens is 1. The minimum atomic E-state index is -0.748. The van der Waals surface area contributed by atoms with Gasteiger partial charge in [0.15, 0.2) is 11.6 Å². The van der Waals surface area contributed by atoms with Crippen molar-refractivity contribution in [3.8, 4) is 5.75 Å². The van der Waals surface area contributed by atoms with Gasteiger partial charge in [0.2, 0.25) is 5.78 Å². The number of nitrogen functional groups attached to an aromatic ring is 1.